The van der Waals surface area contributed by atoms with Gasteiger partial charge in [-0.2, -0.15) is 0 Å². The first kappa shape index (κ1) is 15.3. The van der Waals surface area contributed by atoms with Gasteiger partial charge in [0.05, 0.1) is 5.41 Å². The molecular formula is C21H24N2O. The van der Waals surface area contributed by atoms with Crippen LogP contribution in [0.1, 0.15) is 37.0 Å². The molecule has 2 aromatic rings. The fourth-order valence-corrected chi connectivity index (χ4v) is 4.52. The van der Waals surface area contributed by atoms with Crippen LogP contribution in [0, 0.1) is 0 Å². The molecule has 0 N–H and O–H groups in total. The van der Waals surface area contributed by atoms with E-state index < -0.39 is 0 Å². The van der Waals surface area contributed by atoms with Crippen molar-refractivity contribution in [2.75, 3.05) is 29.9 Å². The molecule has 4 rings (SSSR count). The summed E-state index contributed by atoms with van der Waals surface area (Å²) in [5.41, 5.74) is 6.09. The van der Waals surface area contributed by atoms with E-state index in [1.807, 2.05) is 11.0 Å². The average Bonchev–Trinajstić information content (AvgIpc) is 2.87. The molecule has 0 aromatic heterocycles. The lowest BCUT2D eigenvalue weighted by Gasteiger charge is -2.41. The number of amides is 1. The largest absolute Gasteiger partial charge is 0.373 e. The van der Waals surface area contributed by atoms with Crippen molar-refractivity contribution in [3.05, 3.63) is 59.2 Å². The molecule has 0 radical (unpaired) electrons. The number of likely N-dealkylation sites (N-methyl/N-ethyl adjacent to an activating group) is 1. The smallest absolute Gasteiger partial charge is 0.228 e. The fourth-order valence-electron chi connectivity index (χ4n) is 4.52. The van der Waals surface area contributed by atoms with Crippen LogP contribution in [0.2, 0.25) is 0 Å². The summed E-state index contributed by atoms with van der Waals surface area (Å²) in [5.74, 6) is 0.236. The first-order chi connectivity index (χ1) is 11.6. The molecule has 124 valence electrons. The normalized spacial score (nSPS) is 22.0. The number of hydrogen-bond acceptors (Lipinski definition) is 2. The summed E-state index contributed by atoms with van der Waals surface area (Å²) in [7, 11) is 2.14. The Morgan fingerprint density at radius 1 is 1.04 bits per heavy atom. The highest BCUT2D eigenvalue weighted by Crippen LogP contribution is 2.52. The summed E-state index contributed by atoms with van der Waals surface area (Å²) >= 11 is 0. The van der Waals surface area contributed by atoms with E-state index in [0.29, 0.717) is 6.42 Å². The lowest BCUT2D eigenvalue weighted by atomic mass is 9.70. The van der Waals surface area contributed by atoms with Crippen LogP contribution in [0.25, 0.3) is 0 Å². The van der Waals surface area contributed by atoms with Gasteiger partial charge >= 0.3 is 0 Å². The fraction of sp³-hybridized carbons (Fsp3) is 0.381. The van der Waals surface area contributed by atoms with E-state index in [-0.39, 0.29) is 11.3 Å². The Morgan fingerprint density at radius 2 is 1.83 bits per heavy atom. The minimum absolute atomic E-state index is 0.214. The molecule has 0 aliphatic carbocycles. The first-order valence-electron chi connectivity index (χ1n) is 8.85. The number of carbonyl (C=O) groups excluding carboxylic acids is 1. The zero-order valence-corrected chi connectivity index (χ0v) is 14.7. The number of carbonyl (C=O) groups is 1. The van der Waals surface area contributed by atoms with Gasteiger partial charge in [-0.15, -0.1) is 0 Å². The monoisotopic (exact) mass is 320 g/mol. The molecular weight excluding hydrogens is 296 g/mol. The predicted octanol–water partition coefficient (Wildman–Crippen LogP) is 3.74. The minimum Gasteiger partial charge on any atom is -0.373 e. The van der Waals surface area contributed by atoms with Crippen molar-refractivity contribution in [1.29, 1.82) is 0 Å². The van der Waals surface area contributed by atoms with Crippen LogP contribution in [0.15, 0.2) is 42.5 Å². The SMILES string of the molecule is CCc1ccc2c(c1)C1(CC(=O)N(CC)c3ccccc31)CN2C. The molecule has 2 aromatic carbocycles. The van der Waals surface area contributed by atoms with Gasteiger partial charge < -0.3 is 9.80 Å². The third-order valence-electron chi connectivity index (χ3n) is 5.68. The number of rotatable bonds is 2. The van der Waals surface area contributed by atoms with E-state index in [2.05, 4.69) is 62.2 Å². The Bertz CT molecular complexity index is 813. The van der Waals surface area contributed by atoms with Crippen LogP contribution >= 0.6 is 0 Å². The maximum absolute atomic E-state index is 12.9. The highest BCUT2D eigenvalue weighted by molar-refractivity contribution is 5.99. The van der Waals surface area contributed by atoms with Crippen molar-refractivity contribution in [1.82, 2.24) is 0 Å². The number of anilines is 2. The van der Waals surface area contributed by atoms with Crippen LogP contribution in [0.3, 0.4) is 0 Å². The lowest BCUT2D eigenvalue weighted by Crippen LogP contribution is -2.46. The van der Waals surface area contributed by atoms with Gasteiger partial charge in [-0.05, 0) is 42.2 Å². The Morgan fingerprint density at radius 3 is 2.58 bits per heavy atom. The van der Waals surface area contributed by atoms with E-state index in [4.69, 9.17) is 0 Å². The topological polar surface area (TPSA) is 23.6 Å². The molecule has 0 bridgehead atoms. The quantitative estimate of drug-likeness (QED) is 0.841. The summed E-state index contributed by atoms with van der Waals surface area (Å²) in [6.45, 7) is 5.84. The summed E-state index contributed by atoms with van der Waals surface area (Å²) in [5, 5.41) is 0. The lowest BCUT2D eigenvalue weighted by molar-refractivity contribution is -0.119. The van der Waals surface area contributed by atoms with E-state index in [1.54, 1.807) is 0 Å². The zero-order valence-electron chi connectivity index (χ0n) is 14.7. The number of aryl methyl sites for hydroxylation is 1. The van der Waals surface area contributed by atoms with E-state index in [1.165, 1.54) is 22.4 Å². The Hall–Kier alpha value is -2.29. The highest BCUT2D eigenvalue weighted by Gasteiger charge is 2.49. The molecule has 0 fully saturated rings. The zero-order chi connectivity index (χ0) is 16.9. The van der Waals surface area contributed by atoms with Crippen molar-refractivity contribution in [3.8, 4) is 0 Å². The van der Waals surface area contributed by atoms with Gasteiger partial charge in [0.25, 0.3) is 0 Å². The van der Waals surface area contributed by atoms with Crippen LogP contribution in [-0.2, 0) is 16.6 Å². The van der Waals surface area contributed by atoms with Crippen molar-refractivity contribution in [3.63, 3.8) is 0 Å². The molecule has 3 heteroatoms. The second kappa shape index (κ2) is 5.37. The standard InChI is InChI=1S/C21H24N2O/c1-4-15-10-11-18-17(12-15)21(14-22(18)3)13-20(24)23(5-2)19-9-7-6-8-16(19)21/h6-12H,4-5,13-14H2,1-3H3. The third kappa shape index (κ3) is 1.94. The maximum Gasteiger partial charge on any atom is 0.228 e. The van der Waals surface area contributed by atoms with Crippen molar-refractivity contribution in [2.45, 2.75) is 32.1 Å². The second-order valence-electron chi connectivity index (χ2n) is 6.98. The van der Waals surface area contributed by atoms with Crippen molar-refractivity contribution < 1.29 is 4.79 Å². The van der Waals surface area contributed by atoms with Crippen LogP contribution in [0.5, 0.6) is 0 Å². The van der Waals surface area contributed by atoms with Gasteiger partial charge in [-0.25, -0.2) is 0 Å². The maximum atomic E-state index is 12.9. The molecule has 1 amide bonds. The molecule has 24 heavy (non-hydrogen) atoms. The van der Waals surface area contributed by atoms with Gasteiger partial charge in [-0.1, -0.05) is 37.3 Å². The second-order valence-corrected chi connectivity index (χ2v) is 6.98. The van der Waals surface area contributed by atoms with Gasteiger partial charge in [0.2, 0.25) is 5.91 Å². The summed E-state index contributed by atoms with van der Waals surface area (Å²) in [4.78, 5) is 17.2. The highest BCUT2D eigenvalue weighted by atomic mass is 16.2. The Kier molecular flexibility index (Phi) is 3.41. The minimum atomic E-state index is -0.214. The van der Waals surface area contributed by atoms with E-state index >= 15 is 0 Å². The van der Waals surface area contributed by atoms with Crippen molar-refractivity contribution >= 4 is 17.3 Å². The average molecular weight is 320 g/mol. The molecule has 2 heterocycles. The summed E-state index contributed by atoms with van der Waals surface area (Å²) in [6.07, 6.45) is 1.58. The molecule has 2 aliphatic rings. The number of nitrogens with zero attached hydrogens (tertiary/aromatic N) is 2. The Labute approximate surface area is 143 Å². The molecule has 3 nitrogen and oxygen atoms in total. The predicted molar refractivity (Wildman–Crippen MR) is 99.0 cm³/mol. The van der Waals surface area contributed by atoms with Crippen molar-refractivity contribution in [2.24, 2.45) is 0 Å². The van der Waals surface area contributed by atoms with E-state index in [0.717, 1.165) is 25.2 Å². The summed E-state index contributed by atoms with van der Waals surface area (Å²) < 4.78 is 0. The number of benzene rings is 2. The first-order valence-corrected chi connectivity index (χ1v) is 8.85. The summed E-state index contributed by atoms with van der Waals surface area (Å²) in [6, 6.07) is 15.2. The van der Waals surface area contributed by atoms with E-state index in [9.17, 15) is 4.79 Å². The van der Waals surface area contributed by atoms with Crippen LogP contribution in [-0.4, -0.2) is 26.0 Å². The van der Waals surface area contributed by atoms with Crippen LogP contribution in [0.4, 0.5) is 11.4 Å². The van der Waals surface area contributed by atoms with Crippen LogP contribution < -0.4 is 9.80 Å². The molecule has 1 unspecified atom stereocenters. The van der Waals surface area contributed by atoms with Gasteiger partial charge in [0.1, 0.15) is 0 Å². The number of fused-ring (bicyclic) bond motifs is 4. The van der Waals surface area contributed by atoms with Gasteiger partial charge in [0.15, 0.2) is 0 Å². The third-order valence-corrected chi connectivity index (χ3v) is 5.68. The molecule has 1 spiro atoms. The van der Waals surface area contributed by atoms with Gasteiger partial charge in [0, 0.05) is 37.9 Å². The Balaban J connectivity index is 1.98. The van der Waals surface area contributed by atoms with Gasteiger partial charge in [-0.3, -0.25) is 4.79 Å². The number of para-hydroxylation sites is 1. The molecule has 0 saturated heterocycles. The molecule has 1 atom stereocenters. The molecule has 0 saturated carbocycles. The number of hydrogen-bond donors (Lipinski definition) is 0. The molecule has 2 aliphatic heterocycles.